The molecule has 1 aliphatic carbocycles. The van der Waals surface area contributed by atoms with Crippen molar-refractivity contribution in [3.63, 3.8) is 0 Å². The molecule has 0 aliphatic heterocycles. The van der Waals surface area contributed by atoms with E-state index in [1.807, 2.05) is 31.2 Å². The Labute approximate surface area is 165 Å². The Morgan fingerprint density at radius 2 is 1.73 bits per heavy atom. The minimum Gasteiger partial charge on any atom is -0.490 e. The highest BCUT2D eigenvalue weighted by atomic mass is 79.9. The van der Waals surface area contributed by atoms with Crippen molar-refractivity contribution in [2.45, 2.75) is 58.2 Å². The normalized spacial score (nSPS) is 15.0. The van der Waals surface area contributed by atoms with Crippen molar-refractivity contribution in [1.82, 2.24) is 5.32 Å². The summed E-state index contributed by atoms with van der Waals surface area (Å²) < 4.78 is 12.9. The predicted molar refractivity (Wildman–Crippen MR) is 110 cm³/mol. The molecule has 2 aromatic carbocycles. The molecule has 3 rings (SSSR count). The van der Waals surface area contributed by atoms with Crippen LogP contribution in [-0.4, -0.2) is 12.6 Å². The second kappa shape index (κ2) is 9.98. The van der Waals surface area contributed by atoms with Crippen molar-refractivity contribution in [3.05, 3.63) is 58.1 Å². The van der Waals surface area contributed by atoms with Gasteiger partial charge in [-0.2, -0.15) is 0 Å². The van der Waals surface area contributed by atoms with Crippen LogP contribution in [0, 0.1) is 0 Å². The van der Waals surface area contributed by atoms with E-state index in [-0.39, 0.29) is 0 Å². The lowest BCUT2D eigenvalue weighted by molar-refractivity contribution is 0.268. The Balaban J connectivity index is 1.68. The van der Waals surface area contributed by atoms with Gasteiger partial charge < -0.3 is 14.8 Å². The van der Waals surface area contributed by atoms with E-state index in [1.165, 1.54) is 37.7 Å². The maximum Gasteiger partial charge on any atom is 0.162 e. The molecule has 0 saturated heterocycles. The van der Waals surface area contributed by atoms with Gasteiger partial charge >= 0.3 is 0 Å². The van der Waals surface area contributed by atoms with Crippen molar-refractivity contribution in [2.24, 2.45) is 0 Å². The summed E-state index contributed by atoms with van der Waals surface area (Å²) in [6, 6.07) is 15.0. The van der Waals surface area contributed by atoms with Crippen molar-refractivity contribution < 1.29 is 9.47 Å². The van der Waals surface area contributed by atoms with E-state index < -0.39 is 0 Å². The molecular formula is C22H28BrNO2. The standard InChI is InChI=1S/C22H28BrNO2/c1-2-25-21-13-18(15-24-19-11-7-4-8-12-19)20(23)14-22(21)26-16-17-9-5-3-6-10-17/h3,5-6,9-10,13-14,19,24H,2,4,7-8,11-12,15-16H2,1H3. The molecule has 0 radical (unpaired) electrons. The molecule has 140 valence electrons. The van der Waals surface area contributed by atoms with Crippen LogP contribution in [0.3, 0.4) is 0 Å². The first kappa shape index (κ1) is 19.2. The fourth-order valence-electron chi connectivity index (χ4n) is 3.39. The highest BCUT2D eigenvalue weighted by Crippen LogP contribution is 2.34. The van der Waals surface area contributed by atoms with Gasteiger partial charge in [-0.05, 0) is 43.0 Å². The van der Waals surface area contributed by atoms with Crippen LogP contribution in [0.1, 0.15) is 50.2 Å². The lowest BCUT2D eigenvalue weighted by atomic mass is 9.95. The van der Waals surface area contributed by atoms with E-state index in [0.29, 0.717) is 19.3 Å². The van der Waals surface area contributed by atoms with Gasteiger partial charge in [-0.25, -0.2) is 0 Å². The van der Waals surface area contributed by atoms with Crippen LogP contribution in [0.15, 0.2) is 46.9 Å². The average Bonchev–Trinajstić information content (AvgIpc) is 2.68. The molecule has 0 heterocycles. The van der Waals surface area contributed by atoms with E-state index in [9.17, 15) is 0 Å². The topological polar surface area (TPSA) is 30.5 Å². The molecule has 0 spiro atoms. The molecule has 4 heteroatoms. The first-order chi connectivity index (χ1) is 12.8. The monoisotopic (exact) mass is 417 g/mol. The molecule has 1 N–H and O–H groups in total. The van der Waals surface area contributed by atoms with E-state index in [1.54, 1.807) is 0 Å². The summed E-state index contributed by atoms with van der Waals surface area (Å²) in [4.78, 5) is 0. The smallest absolute Gasteiger partial charge is 0.162 e. The number of hydrogen-bond acceptors (Lipinski definition) is 3. The number of benzene rings is 2. The number of rotatable bonds is 8. The Bertz CT molecular complexity index is 684. The first-order valence-corrected chi connectivity index (χ1v) is 10.4. The fraction of sp³-hybridized carbons (Fsp3) is 0.455. The molecule has 1 aliphatic rings. The van der Waals surface area contributed by atoms with Crippen LogP contribution in [0.25, 0.3) is 0 Å². The molecule has 1 saturated carbocycles. The number of nitrogens with one attached hydrogen (secondary N) is 1. The molecule has 0 atom stereocenters. The fourth-order valence-corrected chi connectivity index (χ4v) is 3.85. The Morgan fingerprint density at radius 1 is 1.00 bits per heavy atom. The number of ether oxygens (including phenoxy) is 2. The molecular weight excluding hydrogens is 390 g/mol. The van der Waals surface area contributed by atoms with Crippen LogP contribution < -0.4 is 14.8 Å². The van der Waals surface area contributed by atoms with E-state index in [0.717, 1.165) is 28.1 Å². The van der Waals surface area contributed by atoms with Gasteiger partial charge in [0.2, 0.25) is 0 Å². The van der Waals surface area contributed by atoms with Gasteiger partial charge in [-0.1, -0.05) is 65.5 Å². The molecule has 1 fully saturated rings. The predicted octanol–water partition coefficient (Wildman–Crippen LogP) is 5.85. The van der Waals surface area contributed by atoms with Gasteiger partial charge in [0, 0.05) is 17.1 Å². The molecule has 26 heavy (non-hydrogen) atoms. The molecule has 0 aromatic heterocycles. The van der Waals surface area contributed by atoms with Crippen LogP contribution >= 0.6 is 15.9 Å². The van der Waals surface area contributed by atoms with Gasteiger partial charge in [-0.15, -0.1) is 0 Å². The summed E-state index contributed by atoms with van der Waals surface area (Å²) in [5.74, 6) is 1.59. The van der Waals surface area contributed by atoms with Crippen LogP contribution in [-0.2, 0) is 13.2 Å². The van der Waals surface area contributed by atoms with E-state index >= 15 is 0 Å². The molecule has 0 bridgehead atoms. The first-order valence-electron chi connectivity index (χ1n) is 9.61. The minimum atomic E-state index is 0.535. The Morgan fingerprint density at radius 3 is 2.46 bits per heavy atom. The second-order valence-corrected chi connectivity index (χ2v) is 7.67. The highest BCUT2D eigenvalue weighted by Gasteiger charge is 2.15. The summed E-state index contributed by atoms with van der Waals surface area (Å²) in [7, 11) is 0. The van der Waals surface area contributed by atoms with E-state index in [4.69, 9.17) is 9.47 Å². The van der Waals surface area contributed by atoms with Crippen LogP contribution in [0.4, 0.5) is 0 Å². The van der Waals surface area contributed by atoms with Gasteiger partial charge in [0.15, 0.2) is 11.5 Å². The number of hydrogen-bond donors (Lipinski definition) is 1. The molecule has 2 aromatic rings. The Hall–Kier alpha value is -1.52. The summed E-state index contributed by atoms with van der Waals surface area (Å²) in [5.41, 5.74) is 2.36. The van der Waals surface area contributed by atoms with Crippen LogP contribution in [0.2, 0.25) is 0 Å². The zero-order valence-electron chi connectivity index (χ0n) is 15.5. The maximum absolute atomic E-state index is 6.03. The largest absolute Gasteiger partial charge is 0.490 e. The average molecular weight is 418 g/mol. The number of halogens is 1. The third kappa shape index (κ3) is 5.49. The summed E-state index contributed by atoms with van der Waals surface area (Å²) in [6.45, 7) is 4.01. The lowest BCUT2D eigenvalue weighted by Gasteiger charge is -2.23. The summed E-state index contributed by atoms with van der Waals surface area (Å²) >= 11 is 3.71. The van der Waals surface area contributed by atoms with Gasteiger partial charge in [0.25, 0.3) is 0 Å². The summed E-state index contributed by atoms with van der Waals surface area (Å²) in [5, 5.41) is 3.70. The lowest BCUT2D eigenvalue weighted by Crippen LogP contribution is -2.30. The molecule has 0 unspecified atom stereocenters. The van der Waals surface area contributed by atoms with Crippen molar-refractivity contribution in [2.75, 3.05) is 6.61 Å². The molecule has 0 amide bonds. The third-order valence-electron chi connectivity index (χ3n) is 4.84. The Kier molecular flexibility index (Phi) is 7.39. The zero-order chi connectivity index (χ0) is 18.2. The third-order valence-corrected chi connectivity index (χ3v) is 5.57. The van der Waals surface area contributed by atoms with Gasteiger partial charge in [-0.3, -0.25) is 0 Å². The zero-order valence-corrected chi connectivity index (χ0v) is 17.1. The highest BCUT2D eigenvalue weighted by molar-refractivity contribution is 9.10. The maximum atomic E-state index is 6.03. The van der Waals surface area contributed by atoms with Crippen molar-refractivity contribution in [3.8, 4) is 11.5 Å². The summed E-state index contributed by atoms with van der Waals surface area (Å²) in [6.07, 6.45) is 6.64. The van der Waals surface area contributed by atoms with E-state index in [2.05, 4.69) is 39.4 Å². The van der Waals surface area contributed by atoms with Crippen molar-refractivity contribution >= 4 is 15.9 Å². The quantitative estimate of drug-likeness (QED) is 0.584. The van der Waals surface area contributed by atoms with Gasteiger partial charge in [0.1, 0.15) is 6.61 Å². The van der Waals surface area contributed by atoms with Crippen LogP contribution in [0.5, 0.6) is 11.5 Å². The second-order valence-electron chi connectivity index (χ2n) is 6.81. The minimum absolute atomic E-state index is 0.535. The van der Waals surface area contributed by atoms with Crippen molar-refractivity contribution in [1.29, 1.82) is 0 Å². The molecule has 3 nitrogen and oxygen atoms in total. The van der Waals surface area contributed by atoms with Gasteiger partial charge in [0.05, 0.1) is 6.61 Å². The SMILES string of the molecule is CCOc1cc(CNC2CCCCC2)c(Br)cc1OCc1ccccc1.